The number of carbonyl (C=O) groups is 1. The molecule has 10 heteroatoms. The Balaban J connectivity index is 2.32. The van der Waals surface area contributed by atoms with Gasteiger partial charge in [-0.05, 0) is 22.6 Å². The summed E-state index contributed by atoms with van der Waals surface area (Å²) in [6, 6.07) is 6.41. The monoisotopic (exact) mass is 318 g/mol. The number of para-hydroxylation sites is 1. The van der Waals surface area contributed by atoms with Crippen LogP contribution in [-0.4, -0.2) is 42.8 Å². The van der Waals surface area contributed by atoms with E-state index in [-0.39, 0.29) is 10.9 Å². The highest BCUT2D eigenvalue weighted by Crippen LogP contribution is 2.31. The Kier molecular flexibility index (Phi) is 4.90. The highest BCUT2D eigenvalue weighted by Gasteiger charge is 2.16. The van der Waals surface area contributed by atoms with Crippen LogP contribution in [-0.2, 0) is 4.79 Å². The second-order valence-corrected chi connectivity index (χ2v) is 5.38. The summed E-state index contributed by atoms with van der Waals surface area (Å²) in [4.78, 5) is 10.9. The quantitative estimate of drug-likeness (QED) is 0.817. The Morgan fingerprint density at radius 1 is 1.40 bits per heavy atom. The molecular formula is C10H8F2N4O2S2. The number of aliphatic carboxylic acids is 1. The van der Waals surface area contributed by atoms with Crippen molar-refractivity contribution in [1.82, 2.24) is 20.2 Å². The molecule has 0 bridgehead atoms. The van der Waals surface area contributed by atoms with E-state index in [2.05, 4.69) is 15.5 Å². The molecule has 0 aliphatic carbocycles. The molecule has 1 aromatic carbocycles. The third-order valence-electron chi connectivity index (χ3n) is 2.08. The van der Waals surface area contributed by atoms with Crippen molar-refractivity contribution in [3.63, 3.8) is 0 Å². The van der Waals surface area contributed by atoms with E-state index in [1.54, 1.807) is 18.2 Å². The molecule has 0 fully saturated rings. The molecule has 6 nitrogen and oxygen atoms in total. The molecule has 0 aliphatic heterocycles. The van der Waals surface area contributed by atoms with Crippen molar-refractivity contribution in [2.75, 3.05) is 5.75 Å². The van der Waals surface area contributed by atoms with Crippen LogP contribution in [0.25, 0.3) is 5.69 Å². The zero-order chi connectivity index (χ0) is 14.5. The largest absolute Gasteiger partial charge is 0.481 e. The minimum absolute atomic E-state index is 0.218. The van der Waals surface area contributed by atoms with Gasteiger partial charge in [0.25, 0.3) is 5.76 Å². The van der Waals surface area contributed by atoms with Crippen molar-refractivity contribution >= 4 is 29.5 Å². The van der Waals surface area contributed by atoms with Gasteiger partial charge in [0.05, 0.1) is 11.4 Å². The standard InChI is InChI=1S/C10H8F2N4O2S2/c11-9(12)20-7-4-2-1-3-6(7)16-10(13-14-15-16)19-5-8(17)18/h1-4,9H,5H2,(H,17,18). The number of rotatable bonds is 6. The summed E-state index contributed by atoms with van der Waals surface area (Å²) < 4.78 is 26.3. The Morgan fingerprint density at radius 3 is 2.85 bits per heavy atom. The van der Waals surface area contributed by atoms with Crippen molar-refractivity contribution < 1.29 is 18.7 Å². The van der Waals surface area contributed by atoms with E-state index in [1.807, 2.05) is 0 Å². The molecule has 2 rings (SSSR count). The smallest absolute Gasteiger partial charge is 0.313 e. The second-order valence-electron chi connectivity index (χ2n) is 3.40. The van der Waals surface area contributed by atoms with Gasteiger partial charge in [0.15, 0.2) is 0 Å². The highest BCUT2D eigenvalue weighted by atomic mass is 32.2. The lowest BCUT2D eigenvalue weighted by Gasteiger charge is -2.08. The highest BCUT2D eigenvalue weighted by molar-refractivity contribution is 8.00. The minimum atomic E-state index is -2.57. The molecule has 0 unspecified atom stereocenters. The normalized spacial score (nSPS) is 10.9. The van der Waals surface area contributed by atoms with E-state index >= 15 is 0 Å². The van der Waals surface area contributed by atoms with Gasteiger partial charge in [0.2, 0.25) is 5.16 Å². The lowest BCUT2D eigenvalue weighted by atomic mass is 10.3. The summed E-state index contributed by atoms with van der Waals surface area (Å²) in [5.74, 6) is -3.80. The van der Waals surface area contributed by atoms with Crippen LogP contribution < -0.4 is 0 Å². The molecule has 0 radical (unpaired) electrons. The molecule has 0 aliphatic rings. The van der Waals surface area contributed by atoms with Crippen molar-refractivity contribution in [2.45, 2.75) is 15.8 Å². The maximum absolute atomic E-state index is 12.5. The van der Waals surface area contributed by atoms with Gasteiger partial charge in [-0.15, -0.1) is 5.10 Å². The number of hydrogen-bond donors (Lipinski definition) is 1. The summed E-state index contributed by atoms with van der Waals surface area (Å²) in [5, 5.41) is 19.7. The number of nitrogens with zero attached hydrogens (tertiary/aromatic N) is 4. The van der Waals surface area contributed by atoms with Gasteiger partial charge in [0.1, 0.15) is 0 Å². The van der Waals surface area contributed by atoms with E-state index < -0.39 is 11.7 Å². The molecule has 0 saturated heterocycles. The van der Waals surface area contributed by atoms with E-state index in [1.165, 1.54) is 10.7 Å². The number of aromatic nitrogens is 4. The Hall–Kier alpha value is -1.68. The zero-order valence-corrected chi connectivity index (χ0v) is 11.4. The third kappa shape index (κ3) is 3.67. The number of benzene rings is 1. The maximum atomic E-state index is 12.5. The first-order valence-corrected chi connectivity index (χ1v) is 7.11. The van der Waals surface area contributed by atoms with Crippen molar-refractivity contribution in [3.8, 4) is 5.69 Å². The first-order chi connectivity index (χ1) is 9.58. The molecule has 0 atom stereocenters. The van der Waals surface area contributed by atoms with Gasteiger partial charge in [0, 0.05) is 4.90 Å². The number of alkyl halides is 2. The Labute approximate surface area is 120 Å². The average molecular weight is 318 g/mol. The SMILES string of the molecule is O=C(O)CSc1nnnn1-c1ccccc1SC(F)F. The first-order valence-electron chi connectivity index (χ1n) is 5.25. The average Bonchev–Trinajstić information content (AvgIpc) is 2.84. The summed E-state index contributed by atoms with van der Waals surface area (Å²) in [6.45, 7) is 0. The van der Waals surface area contributed by atoms with E-state index in [0.717, 1.165) is 11.8 Å². The van der Waals surface area contributed by atoms with Crippen LogP contribution in [0.15, 0.2) is 34.3 Å². The van der Waals surface area contributed by atoms with Crippen molar-refractivity contribution in [1.29, 1.82) is 0 Å². The molecule has 20 heavy (non-hydrogen) atoms. The van der Waals surface area contributed by atoms with Crippen LogP contribution in [0.1, 0.15) is 0 Å². The molecule has 0 amide bonds. The van der Waals surface area contributed by atoms with Gasteiger partial charge < -0.3 is 5.11 Å². The van der Waals surface area contributed by atoms with Crippen LogP contribution in [0.2, 0.25) is 0 Å². The van der Waals surface area contributed by atoms with Crippen LogP contribution in [0.3, 0.4) is 0 Å². The molecule has 0 saturated carbocycles. The number of carboxylic acid groups (broad SMARTS) is 1. The predicted molar refractivity (Wildman–Crippen MR) is 69.4 cm³/mol. The molecule has 0 spiro atoms. The second kappa shape index (κ2) is 6.66. The fraction of sp³-hybridized carbons (Fsp3) is 0.200. The minimum Gasteiger partial charge on any atom is -0.481 e. The summed E-state index contributed by atoms with van der Waals surface area (Å²) in [5.41, 5.74) is 0.385. The molecule has 2 aromatic rings. The molecule has 106 valence electrons. The maximum Gasteiger partial charge on any atom is 0.313 e. The number of tetrazole rings is 1. The molecule has 1 N–H and O–H groups in total. The topological polar surface area (TPSA) is 80.9 Å². The van der Waals surface area contributed by atoms with Gasteiger partial charge >= 0.3 is 5.97 Å². The summed E-state index contributed by atoms with van der Waals surface area (Å²) in [6.07, 6.45) is 0. The van der Waals surface area contributed by atoms with Gasteiger partial charge in [-0.3, -0.25) is 4.79 Å². The summed E-state index contributed by atoms with van der Waals surface area (Å²) >= 11 is 1.30. The number of carboxylic acids is 1. The molecular weight excluding hydrogens is 310 g/mol. The summed E-state index contributed by atoms with van der Waals surface area (Å²) in [7, 11) is 0. The number of halogens is 2. The van der Waals surface area contributed by atoms with E-state index in [0.29, 0.717) is 22.3 Å². The fourth-order valence-electron chi connectivity index (χ4n) is 1.37. The predicted octanol–water partition coefficient (Wildman–Crippen LogP) is 2.15. The van der Waals surface area contributed by atoms with Gasteiger partial charge in [-0.2, -0.15) is 13.5 Å². The molecule has 1 aromatic heterocycles. The van der Waals surface area contributed by atoms with Crippen LogP contribution in [0.5, 0.6) is 0 Å². The Morgan fingerprint density at radius 2 is 2.15 bits per heavy atom. The van der Waals surface area contributed by atoms with Gasteiger partial charge in [-0.25, -0.2) is 0 Å². The molecule has 1 heterocycles. The van der Waals surface area contributed by atoms with E-state index in [4.69, 9.17) is 5.11 Å². The van der Waals surface area contributed by atoms with Crippen LogP contribution >= 0.6 is 23.5 Å². The number of hydrogen-bond acceptors (Lipinski definition) is 6. The number of thioether (sulfide) groups is 2. The van der Waals surface area contributed by atoms with Crippen LogP contribution in [0, 0.1) is 0 Å². The Bertz CT molecular complexity index is 608. The third-order valence-corrected chi connectivity index (χ3v) is 3.76. The lowest BCUT2D eigenvalue weighted by Crippen LogP contribution is -2.04. The fourth-order valence-corrected chi connectivity index (χ4v) is 2.60. The van der Waals surface area contributed by atoms with Gasteiger partial charge in [-0.1, -0.05) is 35.7 Å². The first kappa shape index (κ1) is 14.7. The zero-order valence-electron chi connectivity index (χ0n) is 9.81. The lowest BCUT2D eigenvalue weighted by molar-refractivity contribution is -0.133. The van der Waals surface area contributed by atoms with Crippen LogP contribution in [0.4, 0.5) is 8.78 Å². The van der Waals surface area contributed by atoms with E-state index in [9.17, 15) is 13.6 Å². The van der Waals surface area contributed by atoms with Crippen molar-refractivity contribution in [3.05, 3.63) is 24.3 Å². The van der Waals surface area contributed by atoms with Crippen molar-refractivity contribution in [2.24, 2.45) is 0 Å².